The van der Waals surface area contributed by atoms with Gasteiger partial charge in [-0.3, -0.25) is 24.4 Å². The zero-order valence-electron chi connectivity index (χ0n) is 38.6. The molecule has 3 aromatic heterocycles. The molecule has 2 bridgehead atoms. The SMILES string of the molecule is CC(C)C(=O)Nc1nc2c(nnn2[C@@H]2O[C@@H]3COP(O)(=S)O[C@H]4C[C@H](Oc5ccncn5)C[C@@H]4CO[P@@](=S)(OCCC#N)O[C@@H]2[C@@H]3O[Si](O[Si](O)(C(C)C)C(C)C)(C(C)C)C(C)C)c(=O)[nH]1. The molecule has 1 unspecified atom stereocenters. The van der Waals surface area contributed by atoms with E-state index < -0.39 is 97.2 Å². The first kappa shape index (κ1) is 52.8. The maximum atomic E-state index is 13.4. The third kappa shape index (κ3) is 11.9. The third-order valence-corrected chi connectivity index (χ3v) is 25.5. The number of carbonyl (C=O) groups excluding carboxylic acids is 1. The molecule has 9 atom stereocenters. The molecule has 1 amide bonds. The normalized spacial score (nSPS) is 28.9. The van der Waals surface area contributed by atoms with Crippen LogP contribution in [0.5, 0.6) is 5.88 Å². The number of fused-ring (bicyclic) bond motifs is 4. The van der Waals surface area contributed by atoms with Gasteiger partial charge in [-0.05, 0) is 52.2 Å². The molecule has 3 aliphatic rings. The Bertz CT molecular complexity index is 2350. The quantitative estimate of drug-likeness (QED) is 0.0754. The number of hydrogen-bond donors (Lipinski definition) is 4. The van der Waals surface area contributed by atoms with Crippen LogP contribution in [0.3, 0.4) is 0 Å². The van der Waals surface area contributed by atoms with Crippen LogP contribution in [-0.4, -0.2) is 118 Å². The highest BCUT2D eigenvalue weighted by Crippen LogP contribution is 2.58. The lowest BCUT2D eigenvalue weighted by atomic mass is 10.1. The van der Waals surface area contributed by atoms with Crippen molar-refractivity contribution in [2.45, 2.75) is 147 Å². The number of nitrogens with zero attached hydrogens (tertiary/aromatic N) is 7. The maximum Gasteiger partial charge on any atom is 0.335 e. The van der Waals surface area contributed by atoms with Crippen molar-refractivity contribution in [3.8, 4) is 11.9 Å². The summed E-state index contributed by atoms with van der Waals surface area (Å²) in [6.07, 6.45) is -2.88. The van der Waals surface area contributed by atoms with Gasteiger partial charge in [0.2, 0.25) is 17.7 Å². The average Bonchev–Trinajstić information content (AvgIpc) is 3.93. The lowest BCUT2D eigenvalue weighted by Gasteiger charge is -2.47. The number of H-pyrrole nitrogens is 1. The monoisotopic (exact) mass is 1030 g/mol. The smallest absolute Gasteiger partial charge is 0.335 e. The van der Waals surface area contributed by atoms with E-state index in [9.17, 15) is 24.5 Å². The summed E-state index contributed by atoms with van der Waals surface area (Å²) in [7, 11) is -7.24. The van der Waals surface area contributed by atoms with Crippen molar-refractivity contribution < 1.29 is 55.1 Å². The van der Waals surface area contributed by atoms with Gasteiger partial charge in [-0.15, -0.1) is 5.10 Å². The number of amides is 1. The Hall–Kier alpha value is -2.55. The van der Waals surface area contributed by atoms with Crippen LogP contribution in [-0.2, 0) is 64.3 Å². The largest absolute Gasteiger partial charge is 0.474 e. The number of rotatable bonds is 16. The van der Waals surface area contributed by atoms with Crippen molar-refractivity contribution in [1.29, 1.82) is 5.26 Å². The molecular weight excluding hydrogens is 973 g/mol. The van der Waals surface area contributed by atoms with E-state index in [1.54, 1.807) is 26.1 Å². The van der Waals surface area contributed by atoms with Gasteiger partial charge in [0.05, 0.1) is 38.4 Å². The predicted octanol–water partition coefficient (Wildman–Crippen LogP) is 5.76. The molecule has 0 spiro atoms. The summed E-state index contributed by atoms with van der Waals surface area (Å²) in [5, 5.41) is 20.6. The molecule has 28 heteroatoms. The van der Waals surface area contributed by atoms with Crippen molar-refractivity contribution >= 4 is 77.2 Å². The van der Waals surface area contributed by atoms with Gasteiger partial charge in [0, 0.05) is 30.5 Å². The molecule has 22 nitrogen and oxygen atoms in total. The van der Waals surface area contributed by atoms with Gasteiger partial charge in [0.25, 0.3) is 5.56 Å². The van der Waals surface area contributed by atoms with Gasteiger partial charge >= 0.3 is 30.6 Å². The summed E-state index contributed by atoms with van der Waals surface area (Å²) >= 11 is 11.9. The fourth-order valence-electron chi connectivity index (χ4n) is 8.16. The molecule has 366 valence electrons. The summed E-state index contributed by atoms with van der Waals surface area (Å²) in [6, 6.07) is 3.68. The fourth-order valence-corrected chi connectivity index (χ4v) is 21.7. The molecule has 2 saturated heterocycles. The van der Waals surface area contributed by atoms with Crippen LogP contribution in [0, 0.1) is 23.2 Å². The Morgan fingerprint density at radius 3 is 2.38 bits per heavy atom. The maximum absolute atomic E-state index is 13.4. The van der Waals surface area contributed by atoms with Crippen LogP contribution in [0.1, 0.15) is 94.7 Å². The van der Waals surface area contributed by atoms with Crippen molar-refractivity contribution in [1.82, 2.24) is 34.9 Å². The van der Waals surface area contributed by atoms with E-state index in [0.29, 0.717) is 12.3 Å². The summed E-state index contributed by atoms with van der Waals surface area (Å²) in [4.78, 5) is 65.6. The molecule has 0 aromatic carbocycles. The second kappa shape index (κ2) is 21.6. The number of nitriles is 1. The van der Waals surface area contributed by atoms with Crippen LogP contribution >= 0.6 is 13.4 Å². The second-order valence-electron chi connectivity index (χ2n) is 18.1. The summed E-state index contributed by atoms with van der Waals surface area (Å²) in [6.45, 7) is 10.1. The van der Waals surface area contributed by atoms with Crippen molar-refractivity contribution in [3.63, 3.8) is 0 Å². The molecule has 0 radical (unpaired) electrons. The Morgan fingerprint density at radius 1 is 1.05 bits per heavy atom. The first-order valence-corrected chi connectivity index (χ1v) is 31.1. The number of aromatic amines is 1. The van der Waals surface area contributed by atoms with E-state index in [1.165, 1.54) is 11.0 Å². The molecule has 1 saturated carbocycles. The molecule has 66 heavy (non-hydrogen) atoms. The van der Waals surface area contributed by atoms with Gasteiger partial charge in [0.1, 0.15) is 30.7 Å². The minimum Gasteiger partial charge on any atom is -0.474 e. The molecule has 5 heterocycles. The first-order valence-electron chi connectivity index (χ1n) is 22.0. The van der Waals surface area contributed by atoms with Crippen molar-refractivity contribution in [3.05, 3.63) is 28.9 Å². The van der Waals surface area contributed by atoms with E-state index >= 15 is 0 Å². The van der Waals surface area contributed by atoms with E-state index in [-0.39, 0.29) is 65.3 Å². The molecule has 6 rings (SSSR count). The van der Waals surface area contributed by atoms with E-state index in [4.69, 9.17) is 64.2 Å². The van der Waals surface area contributed by atoms with Gasteiger partial charge in [-0.25, -0.2) is 9.97 Å². The highest BCUT2D eigenvalue weighted by atomic mass is 32.5. The number of anilines is 1. The average molecular weight is 1030 g/mol. The zero-order valence-corrected chi connectivity index (χ0v) is 44.1. The van der Waals surface area contributed by atoms with Gasteiger partial charge in [-0.1, -0.05) is 74.5 Å². The molecular formula is C38H61N9O13P2S2Si2. The standard InChI is InChI=1S/C38H61N9O13P2S2Si2/c1-21(2)35(48)43-38-42-34-31(36(49)44-38)45-46-47(34)37-33-32(59-66(24(7)8,25(9)10)60-65(51,22(3)4)23(5)6)29(56-37)19-53-61(50,63)57-28-17-27(55-30-12-14-40-20-41-30)16-26(28)18-54-62(64,58-33)52-15-11-13-39/h12,14,20-29,32-33,37,51H,11,15-19H2,1-10H3,(H,50,63)(H2,42,43,44,48,49)/t26-,27-,28+,29-,32-,33-,37-,61?,62+/m1/s1. The Balaban J connectivity index is 1.51. The number of ether oxygens (including phenoxy) is 2. The lowest BCUT2D eigenvalue weighted by molar-refractivity contribution is -0.118. The van der Waals surface area contributed by atoms with Crippen LogP contribution in [0.4, 0.5) is 5.95 Å². The molecule has 3 aromatic rings. The number of carbonyl (C=O) groups is 1. The molecule has 4 N–H and O–H groups in total. The van der Waals surface area contributed by atoms with E-state index in [1.807, 2.05) is 55.4 Å². The fraction of sp³-hybridized carbons (Fsp3) is 0.737. The summed E-state index contributed by atoms with van der Waals surface area (Å²) < 4.78 is 60.8. The van der Waals surface area contributed by atoms with Gasteiger partial charge in [0.15, 0.2) is 17.4 Å². The van der Waals surface area contributed by atoms with Crippen LogP contribution in [0.15, 0.2) is 23.4 Å². The number of hydrogen-bond acceptors (Lipinski definition) is 20. The Morgan fingerprint density at radius 2 is 1.76 bits per heavy atom. The number of aromatic nitrogens is 7. The van der Waals surface area contributed by atoms with Gasteiger partial charge in [-0.2, -0.15) is 14.9 Å². The van der Waals surface area contributed by atoms with Crippen LogP contribution in [0.2, 0.25) is 22.2 Å². The molecule has 3 fully saturated rings. The minimum absolute atomic E-state index is 0.0625. The lowest BCUT2D eigenvalue weighted by Crippen LogP contribution is -2.62. The second-order valence-corrected chi connectivity index (χ2v) is 32.5. The zero-order chi connectivity index (χ0) is 48.4. The highest BCUT2D eigenvalue weighted by molar-refractivity contribution is 8.07. The van der Waals surface area contributed by atoms with Gasteiger partial charge < -0.3 is 45.8 Å². The minimum atomic E-state index is -4.10. The van der Waals surface area contributed by atoms with E-state index in [0.717, 1.165) is 0 Å². The van der Waals surface area contributed by atoms with E-state index in [2.05, 4.69) is 41.6 Å². The van der Waals surface area contributed by atoms with Crippen LogP contribution < -0.4 is 15.6 Å². The van der Waals surface area contributed by atoms with Crippen molar-refractivity contribution in [2.24, 2.45) is 11.8 Å². The summed E-state index contributed by atoms with van der Waals surface area (Å²) in [5.74, 6) is -1.19. The third-order valence-electron chi connectivity index (χ3n) is 11.8. The Kier molecular flexibility index (Phi) is 17.3. The first-order chi connectivity index (χ1) is 31.0. The van der Waals surface area contributed by atoms with Crippen LogP contribution in [0.25, 0.3) is 11.2 Å². The molecule has 2 aliphatic heterocycles. The Labute approximate surface area is 396 Å². The highest BCUT2D eigenvalue weighted by Gasteiger charge is 2.60. The summed E-state index contributed by atoms with van der Waals surface area (Å²) in [5.41, 5.74) is -2.06. The molecule has 1 aliphatic carbocycles. The topological polar surface area (TPSA) is 279 Å². The predicted molar refractivity (Wildman–Crippen MR) is 251 cm³/mol. The number of nitrogens with one attached hydrogen (secondary N) is 2. The van der Waals surface area contributed by atoms with Crippen molar-refractivity contribution in [2.75, 3.05) is 25.1 Å².